The fraction of sp³-hybridized carbons (Fsp3) is 0.750. The maximum absolute atomic E-state index is 6.21. The first-order valence-electron chi connectivity index (χ1n) is 5.98. The van der Waals surface area contributed by atoms with Crippen molar-refractivity contribution in [1.82, 2.24) is 4.98 Å². The van der Waals surface area contributed by atoms with Crippen molar-refractivity contribution in [3.63, 3.8) is 0 Å². The van der Waals surface area contributed by atoms with Crippen LogP contribution in [0.15, 0.2) is 15.9 Å². The van der Waals surface area contributed by atoms with E-state index in [0.29, 0.717) is 11.3 Å². The average molecular weight is 256 g/mol. The molecule has 90 valence electrons. The molecule has 1 saturated carbocycles. The summed E-state index contributed by atoms with van der Waals surface area (Å²) in [6, 6.07) is 0.351. The zero-order chi connectivity index (χ0) is 11.5. The molecule has 2 N–H and O–H groups in total. The molecule has 1 aliphatic carbocycles. The van der Waals surface area contributed by atoms with E-state index >= 15 is 0 Å². The van der Waals surface area contributed by atoms with Gasteiger partial charge in [0.15, 0.2) is 0 Å². The molecular weight excluding hydrogens is 236 g/mol. The molecule has 2 nitrogen and oxygen atoms in total. The van der Waals surface area contributed by atoms with Gasteiger partial charge >= 0.3 is 0 Å². The van der Waals surface area contributed by atoms with E-state index < -0.39 is 0 Å². The Labute approximate surface area is 106 Å². The first kappa shape index (κ1) is 12.4. The number of hydrogen-bond acceptors (Lipinski definition) is 4. The molecular formula is C12H20N2S2. The van der Waals surface area contributed by atoms with Crippen molar-refractivity contribution in [1.29, 1.82) is 0 Å². The van der Waals surface area contributed by atoms with Gasteiger partial charge in [-0.2, -0.15) is 0 Å². The maximum atomic E-state index is 6.21. The standard InChI is InChI=1S/C12H20N2S2/c1-8(2)9-3-4-10(13)11(7-9)16-12-14-5-6-15-12/h5-6,8-11H,3-4,7,13H2,1-2H3. The van der Waals surface area contributed by atoms with Crippen LogP contribution in [0.2, 0.25) is 0 Å². The summed E-state index contributed by atoms with van der Waals surface area (Å²) in [5.74, 6) is 1.63. The summed E-state index contributed by atoms with van der Waals surface area (Å²) in [6.07, 6.45) is 5.60. The smallest absolute Gasteiger partial charge is 0.150 e. The van der Waals surface area contributed by atoms with E-state index in [0.717, 1.165) is 11.8 Å². The van der Waals surface area contributed by atoms with Crippen LogP contribution in [0.4, 0.5) is 0 Å². The molecule has 0 saturated heterocycles. The molecule has 16 heavy (non-hydrogen) atoms. The molecule has 1 aliphatic rings. The van der Waals surface area contributed by atoms with Crippen LogP contribution in [0.5, 0.6) is 0 Å². The highest BCUT2D eigenvalue weighted by Crippen LogP contribution is 2.38. The summed E-state index contributed by atoms with van der Waals surface area (Å²) in [7, 11) is 0. The van der Waals surface area contributed by atoms with Gasteiger partial charge < -0.3 is 5.73 Å². The Morgan fingerprint density at radius 1 is 1.50 bits per heavy atom. The van der Waals surface area contributed by atoms with Crippen LogP contribution in [-0.4, -0.2) is 16.3 Å². The second kappa shape index (κ2) is 5.52. The largest absolute Gasteiger partial charge is 0.327 e. The first-order chi connectivity index (χ1) is 7.66. The van der Waals surface area contributed by atoms with Crippen LogP contribution in [-0.2, 0) is 0 Å². The Morgan fingerprint density at radius 3 is 2.94 bits per heavy atom. The van der Waals surface area contributed by atoms with Gasteiger partial charge in [-0.1, -0.05) is 25.6 Å². The lowest BCUT2D eigenvalue weighted by Gasteiger charge is -2.35. The summed E-state index contributed by atoms with van der Waals surface area (Å²) in [5, 5.41) is 2.60. The highest BCUT2D eigenvalue weighted by Gasteiger charge is 2.30. The minimum Gasteiger partial charge on any atom is -0.327 e. The molecule has 1 aromatic heterocycles. The lowest BCUT2D eigenvalue weighted by molar-refractivity contribution is 0.266. The molecule has 0 bridgehead atoms. The summed E-state index contributed by atoms with van der Waals surface area (Å²) in [6.45, 7) is 4.65. The molecule has 4 heteroatoms. The molecule has 1 heterocycles. The monoisotopic (exact) mass is 256 g/mol. The number of rotatable bonds is 3. The van der Waals surface area contributed by atoms with E-state index in [1.807, 2.05) is 23.3 Å². The van der Waals surface area contributed by atoms with Crippen LogP contribution in [0, 0.1) is 11.8 Å². The summed E-state index contributed by atoms with van der Waals surface area (Å²) in [4.78, 5) is 4.34. The molecule has 2 rings (SSSR count). The molecule has 0 radical (unpaired) electrons. The van der Waals surface area contributed by atoms with Crippen molar-refractivity contribution in [2.45, 2.75) is 48.7 Å². The van der Waals surface area contributed by atoms with Crippen LogP contribution in [0.3, 0.4) is 0 Å². The van der Waals surface area contributed by atoms with Crippen LogP contribution in [0.1, 0.15) is 33.1 Å². The molecule has 3 atom stereocenters. The lowest BCUT2D eigenvalue weighted by atomic mass is 9.79. The van der Waals surface area contributed by atoms with Crippen molar-refractivity contribution in [2.24, 2.45) is 17.6 Å². The summed E-state index contributed by atoms with van der Waals surface area (Å²) < 4.78 is 1.17. The molecule has 3 unspecified atom stereocenters. The third kappa shape index (κ3) is 2.99. The SMILES string of the molecule is CC(C)C1CCC(N)C(Sc2nccs2)C1. The predicted molar refractivity (Wildman–Crippen MR) is 71.9 cm³/mol. The predicted octanol–water partition coefficient (Wildman–Crippen LogP) is 3.39. The van der Waals surface area contributed by atoms with E-state index in [-0.39, 0.29) is 0 Å². The molecule has 0 aliphatic heterocycles. The number of thiazole rings is 1. The third-order valence-electron chi connectivity index (χ3n) is 3.49. The van der Waals surface area contributed by atoms with Gasteiger partial charge in [0.2, 0.25) is 0 Å². The number of nitrogens with zero attached hydrogens (tertiary/aromatic N) is 1. The average Bonchev–Trinajstić information content (AvgIpc) is 2.73. The highest BCUT2D eigenvalue weighted by atomic mass is 32.2. The first-order valence-corrected chi connectivity index (χ1v) is 7.74. The van der Waals surface area contributed by atoms with Gasteiger partial charge in [0, 0.05) is 22.9 Å². The Morgan fingerprint density at radius 2 is 2.31 bits per heavy atom. The lowest BCUT2D eigenvalue weighted by Crippen LogP contribution is -2.39. The molecule has 0 amide bonds. The van der Waals surface area contributed by atoms with Crippen molar-refractivity contribution in [3.05, 3.63) is 11.6 Å². The van der Waals surface area contributed by atoms with Gasteiger partial charge in [-0.25, -0.2) is 4.98 Å². The molecule has 0 aromatic carbocycles. The summed E-state index contributed by atoms with van der Waals surface area (Å²) >= 11 is 3.61. The van der Waals surface area contributed by atoms with Crippen molar-refractivity contribution >= 4 is 23.1 Å². The van der Waals surface area contributed by atoms with Crippen LogP contribution >= 0.6 is 23.1 Å². The topological polar surface area (TPSA) is 38.9 Å². The number of thioether (sulfide) groups is 1. The molecule has 1 aromatic rings. The van der Waals surface area contributed by atoms with E-state index in [1.54, 1.807) is 11.3 Å². The highest BCUT2D eigenvalue weighted by molar-refractivity contribution is 8.01. The van der Waals surface area contributed by atoms with E-state index in [4.69, 9.17) is 5.73 Å². The van der Waals surface area contributed by atoms with Crippen molar-refractivity contribution in [3.8, 4) is 0 Å². The fourth-order valence-electron chi connectivity index (χ4n) is 2.32. The molecule has 0 spiro atoms. The number of aromatic nitrogens is 1. The normalized spacial score (nSPS) is 30.9. The third-order valence-corrected chi connectivity index (χ3v) is 5.78. The van der Waals surface area contributed by atoms with Gasteiger partial charge in [-0.05, 0) is 31.1 Å². The Hall–Kier alpha value is -0.0600. The van der Waals surface area contributed by atoms with E-state index in [9.17, 15) is 0 Å². The Bertz CT molecular complexity index is 311. The van der Waals surface area contributed by atoms with Gasteiger partial charge in [0.25, 0.3) is 0 Å². The zero-order valence-electron chi connectivity index (χ0n) is 9.93. The van der Waals surface area contributed by atoms with E-state index in [2.05, 4.69) is 18.8 Å². The second-order valence-electron chi connectivity index (χ2n) is 4.94. The number of hydrogen-bond donors (Lipinski definition) is 1. The van der Waals surface area contributed by atoms with Gasteiger partial charge in [0.05, 0.1) is 0 Å². The minimum absolute atomic E-state index is 0.351. The van der Waals surface area contributed by atoms with Gasteiger partial charge in [-0.3, -0.25) is 0 Å². The Kier molecular flexibility index (Phi) is 4.27. The minimum atomic E-state index is 0.351. The Balaban J connectivity index is 1.96. The quantitative estimate of drug-likeness (QED) is 0.901. The maximum Gasteiger partial charge on any atom is 0.150 e. The van der Waals surface area contributed by atoms with Crippen LogP contribution in [0.25, 0.3) is 0 Å². The van der Waals surface area contributed by atoms with Crippen molar-refractivity contribution in [2.75, 3.05) is 0 Å². The summed E-state index contributed by atoms with van der Waals surface area (Å²) in [5.41, 5.74) is 6.21. The molecule has 1 fully saturated rings. The zero-order valence-corrected chi connectivity index (χ0v) is 11.6. The van der Waals surface area contributed by atoms with Gasteiger partial charge in [-0.15, -0.1) is 11.3 Å². The fourth-order valence-corrected chi connectivity index (χ4v) is 4.48. The van der Waals surface area contributed by atoms with Crippen molar-refractivity contribution < 1.29 is 0 Å². The van der Waals surface area contributed by atoms with Crippen LogP contribution < -0.4 is 5.73 Å². The van der Waals surface area contributed by atoms with E-state index in [1.165, 1.54) is 23.6 Å². The number of nitrogens with two attached hydrogens (primary N) is 1. The van der Waals surface area contributed by atoms with Gasteiger partial charge in [0.1, 0.15) is 4.34 Å². The second-order valence-corrected chi connectivity index (χ2v) is 7.32.